The van der Waals surface area contributed by atoms with Crippen LogP contribution in [0.5, 0.6) is 5.75 Å². The molecular formula is C29H34N10O4. The van der Waals surface area contributed by atoms with Crippen molar-refractivity contribution in [2.24, 2.45) is 11.5 Å². The fourth-order valence-corrected chi connectivity index (χ4v) is 4.86. The number of aliphatic hydroxyl groups is 1. The highest BCUT2D eigenvalue weighted by atomic mass is 16.5. The fourth-order valence-electron chi connectivity index (χ4n) is 4.86. The Balaban J connectivity index is 1.46. The zero-order valence-corrected chi connectivity index (χ0v) is 23.9. The number of allylic oxidation sites excluding steroid dienone is 2. The van der Waals surface area contributed by atoms with Crippen LogP contribution in [0.3, 0.4) is 0 Å². The average molecular weight is 587 g/mol. The Kier molecular flexibility index (Phi) is 8.29. The van der Waals surface area contributed by atoms with Gasteiger partial charge in [-0.2, -0.15) is 5.10 Å². The minimum atomic E-state index is -0.612. The molecule has 224 valence electrons. The van der Waals surface area contributed by atoms with Crippen molar-refractivity contribution in [1.82, 2.24) is 28.9 Å². The number of nitrogen functional groups attached to an aromatic ring is 1. The van der Waals surface area contributed by atoms with Crippen LogP contribution in [-0.4, -0.2) is 59.0 Å². The molecule has 8 N–H and O–H groups in total. The first-order valence-electron chi connectivity index (χ1n) is 13.8. The number of aryl methyl sites for hydroxylation is 2. The molecule has 3 heterocycles. The van der Waals surface area contributed by atoms with Gasteiger partial charge in [-0.3, -0.25) is 9.59 Å². The van der Waals surface area contributed by atoms with Gasteiger partial charge in [-0.15, -0.1) is 0 Å². The van der Waals surface area contributed by atoms with Crippen molar-refractivity contribution in [3.8, 4) is 5.75 Å². The van der Waals surface area contributed by atoms with E-state index in [0.29, 0.717) is 59.9 Å². The maximum absolute atomic E-state index is 11.9. The predicted octanol–water partition coefficient (Wildman–Crippen LogP) is 2.45. The Morgan fingerprint density at radius 3 is 2.42 bits per heavy atom. The van der Waals surface area contributed by atoms with Crippen molar-refractivity contribution in [3.05, 3.63) is 65.4 Å². The molecule has 2 amide bonds. The number of hydrogen-bond acceptors (Lipinski definition) is 9. The van der Waals surface area contributed by atoms with Gasteiger partial charge in [-0.1, -0.05) is 12.2 Å². The topological polar surface area (TPSA) is 207 Å². The molecule has 14 nitrogen and oxygen atoms in total. The summed E-state index contributed by atoms with van der Waals surface area (Å²) in [4.78, 5) is 32.8. The Morgan fingerprint density at radius 1 is 1.00 bits per heavy atom. The van der Waals surface area contributed by atoms with Gasteiger partial charge in [0.15, 0.2) is 0 Å². The van der Waals surface area contributed by atoms with Gasteiger partial charge in [0.2, 0.25) is 23.7 Å². The highest BCUT2D eigenvalue weighted by Crippen LogP contribution is 2.30. The number of ether oxygens (including phenoxy) is 1. The molecule has 0 aliphatic carbocycles. The van der Waals surface area contributed by atoms with Crippen molar-refractivity contribution in [3.63, 3.8) is 0 Å². The second kappa shape index (κ2) is 12.2. The Bertz CT molecular complexity index is 1850. The molecule has 14 heteroatoms. The third-order valence-electron chi connectivity index (χ3n) is 6.90. The van der Waals surface area contributed by atoms with Crippen LogP contribution in [0.4, 0.5) is 17.7 Å². The molecule has 0 fully saturated rings. The number of primary amides is 2. The molecule has 5 rings (SSSR count). The van der Waals surface area contributed by atoms with E-state index in [1.54, 1.807) is 28.8 Å². The Hall–Kier alpha value is -5.37. The monoisotopic (exact) mass is 586 g/mol. The quantitative estimate of drug-likeness (QED) is 0.101. The van der Waals surface area contributed by atoms with Gasteiger partial charge in [0, 0.05) is 49.9 Å². The van der Waals surface area contributed by atoms with E-state index >= 15 is 0 Å². The number of nitrogens with one attached hydrogen (secondary N) is 1. The third kappa shape index (κ3) is 5.99. The molecule has 0 bridgehead atoms. The standard InChI is InChI=1S/C29H34N10O4/c1-3-39-24(13-17(2)36-39)35-29-34-20-14-18(26(30)41)7-8-22(20)37(29)9-4-5-10-38-25-21(33-28(38)32)15-19(27(31)42)16-23(25)43-12-6-11-40/h4-5,7-8,13-16,40H,3,6,9-12H2,1-2H3,(H2,30,41)(H2,31,42)(H2,32,33)(H,34,35)/b5-4+. The van der Waals surface area contributed by atoms with E-state index in [1.165, 1.54) is 0 Å². The van der Waals surface area contributed by atoms with Crippen LogP contribution in [0, 0.1) is 6.92 Å². The number of benzene rings is 2. The number of nitrogens with two attached hydrogens (primary N) is 3. The van der Waals surface area contributed by atoms with Crippen LogP contribution in [0.2, 0.25) is 0 Å². The number of carbonyl (C=O) groups excluding carboxylic acids is 2. The van der Waals surface area contributed by atoms with Crippen molar-refractivity contribution in [2.45, 2.75) is 39.9 Å². The number of carbonyl (C=O) groups is 2. The lowest BCUT2D eigenvalue weighted by Crippen LogP contribution is -2.12. The van der Waals surface area contributed by atoms with Gasteiger partial charge in [-0.05, 0) is 44.2 Å². The van der Waals surface area contributed by atoms with E-state index in [4.69, 9.17) is 26.9 Å². The summed E-state index contributed by atoms with van der Waals surface area (Å²) < 4.78 is 11.5. The second-order valence-electron chi connectivity index (χ2n) is 9.91. The number of anilines is 3. The zero-order valence-electron chi connectivity index (χ0n) is 23.9. The maximum Gasteiger partial charge on any atom is 0.248 e. The minimum Gasteiger partial charge on any atom is -0.491 e. The van der Waals surface area contributed by atoms with Gasteiger partial charge in [0.25, 0.3) is 0 Å². The highest BCUT2D eigenvalue weighted by Gasteiger charge is 2.17. The molecule has 5 aromatic rings. The van der Waals surface area contributed by atoms with E-state index in [-0.39, 0.29) is 24.7 Å². The van der Waals surface area contributed by atoms with Gasteiger partial charge in [0.1, 0.15) is 17.1 Å². The smallest absolute Gasteiger partial charge is 0.248 e. The lowest BCUT2D eigenvalue weighted by atomic mass is 10.1. The van der Waals surface area contributed by atoms with Crippen LogP contribution in [-0.2, 0) is 19.6 Å². The van der Waals surface area contributed by atoms with E-state index < -0.39 is 11.8 Å². The zero-order chi connectivity index (χ0) is 30.7. The molecule has 0 saturated carbocycles. The number of nitrogens with zero attached hydrogens (tertiary/aromatic N) is 6. The van der Waals surface area contributed by atoms with Crippen LogP contribution in [0.15, 0.2) is 48.6 Å². The van der Waals surface area contributed by atoms with Crippen LogP contribution in [0.1, 0.15) is 39.8 Å². The summed E-state index contributed by atoms with van der Waals surface area (Å²) in [5.74, 6) is 0.861. The lowest BCUT2D eigenvalue weighted by Gasteiger charge is -2.11. The van der Waals surface area contributed by atoms with Gasteiger partial charge >= 0.3 is 0 Å². The first-order chi connectivity index (χ1) is 20.7. The minimum absolute atomic E-state index is 0.0349. The summed E-state index contributed by atoms with van der Waals surface area (Å²) in [6.45, 7) is 5.61. The molecule has 0 spiro atoms. The van der Waals surface area contributed by atoms with Crippen molar-refractivity contribution >= 4 is 51.6 Å². The molecule has 0 aliphatic heterocycles. The maximum atomic E-state index is 11.9. The molecule has 0 unspecified atom stereocenters. The van der Waals surface area contributed by atoms with E-state index in [1.807, 2.05) is 47.4 Å². The number of hydrogen-bond donors (Lipinski definition) is 5. The van der Waals surface area contributed by atoms with Crippen LogP contribution in [0.25, 0.3) is 22.1 Å². The summed E-state index contributed by atoms with van der Waals surface area (Å²) in [7, 11) is 0. The SMILES string of the molecule is CCn1nc(C)cc1Nc1nc2cc(C(N)=O)ccc2n1C/C=C/Cn1c(N)nc2cc(C(N)=O)cc(OCCCO)c21. The summed E-state index contributed by atoms with van der Waals surface area (Å²) in [5, 5.41) is 17.1. The number of amides is 2. The number of rotatable bonds is 13. The highest BCUT2D eigenvalue weighted by molar-refractivity contribution is 5.99. The first kappa shape index (κ1) is 29.1. The average Bonchev–Trinajstić information content (AvgIpc) is 3.62. The number of aliphatic hydroxyl groups excluding tert-OH is 1. The normalized spacial score (nSPS) is 11.6. The molecule has 0 aliphatic rings. The predicted molar refractivity (Wildman–Crippen MR) is 163 cm³/mol. The van der Waals surface area contributed by atoms with Gasteiger partial charge in [0.05, 0.1) is 28.9 Å². The van der Waals surface area contributed by atoms with Crippen LogP contribution >= 0.6 is 0 Å². The summed E-state index contributed by atoms with van der Waals surface area (Å²) in [5.41, 5.74) is 21.3. The molecular weight excluding hydrogens is 552 g/mol. The third-order valence-corrected chi connectivity index (χ3v) is 6.90. The lowest BCUT2D eigenvalue weighted by molar-refractivity contribution is 0.0992. The van der Waals surface area contributed by atoms with Crippen molar-refractivity contribution in [2.75, 3.05) is 24.3 Å². The molecule has 0 saturated heterocycles. The number of imidazole rings is 2. The second-order valence-corrected chi connectivity index (χ2v) is 9.91. The molecule has 0 atom stereocenters. The molecule has 2 aromatic carbocycles. The van der Waals surface area contributed by atoms with E-state index in [9.17, 15) is 14.7 Å². The summed E-state index contributed by atoms with van der Waals surface area (Å²) >= 11 is 0. The van der Waals surface area contributed by atoms with E-state index in [0.717, 1.165) is 17.0 Å². The Morgan fingerprint density at radius 2 is 1.72 bits per heavy atom. The van der Waals surface area contributed by atoms with Crippen LogP contribution < -0.4 is 27.3 Å². The summed E-state index contributed by atoms with van der Waals surface area (Å²) in [6.07, 6.45) is 4.32. The molecule has 0 radical (unpaired) electrons. The fraction of sp³-hybridized carbons (Fsp3) is 0.276. The largest absolute Gasteiger partial charge is 0.491 e. The molecule has 3 aromatic heterocycles. The molecule has 43 heavy (non-hydrogen) atoms. The van der Waals surface area contributed by atoms with Gasteiger partial charge < -0.3 is 41.5 Å². The summed E-state index contributed by atoms with van der Waals surface area (Å²) in [6, 6.07) is 10.2. The number of fused-ring (bicyclic) bond motifs is 2. The van der Waals surface area contributed by atoms with Crippen molar-refractivity contribution < 1.29 is 19.4 Å². The van der Waals surface area contributed by atoms with Crippen molar-refractivity contribution in [1.29, 1.82) is 0 Å². The number of aromatic nitrogens is 6. The first-order valence-corrected chi connectivity index (χ1v) is 13.8. The Labute approximate surface area is 246 Å². The van der Waals surface area contributed by atoms with Gasteiger partial charge in [-0.25, -0.2) is 14.6 Å². The van der Waals surface area contributed by atoms with E-state index in [2.05, 4.69) is 15.4 Å².